The molecule has 2 atom stereocenters. The van der Waals surface area contributed by atoms with E-state index in [-0.39, 0.29) is 0 Å². The summed E-state index contributed by atoms with van der Waals surface area (Å²) in [7, 11) is 1.76. The van der Waals surface area contributed by atoms with Crippen molar-refractivity contribution < 1.29 is 4.74 Å². The van der Waals surface area contributed by atoms with Crippen LogP contribution < -0.4 is 10.1 Å². The lowest BCUT2D eigenvalue weighted by atomic mass is 9.76. The first kappa shape index (κ1) is 20.2. The number of nitrogens with one attached hydrogen (secondary N) is 1. The summed E-state index contributed by atoms with van der Waals surface area (Å²) >= 11 is 0. The van der Waals surface area contributed by atoms with Crippen molar-refractivity contribution in [2.45, 2.75) is 37.9 Å². The molecule has 4 heteroatoms. The van der Waals surface area contributed by atoms with Crippen molar-refractivity contribution in [3.63, 3.8) is 0 Å². The summed E-state index contributed by atoms with van der Waals surface area (Å²) in [5.74, 6) is 1.73. The van der Waals surface area contributed by atoms with Gasteiger partial charge in [0.25, 0.3) is 0 Å². The van der Waals surface area contributed by atoms with E-state index in [2.05, 4.69) is 63.7 Å². The number of benzene rings is 2. The van der Waals surface area contributed by atoms with Crippen LogP contribution in [0.5, 0.6) is 5.75 Å². The first-order chi connectivity index (χ1) is 15.3. The molecule has 3 saturated heterocycles. The molecule has 0 amide bonds. The summed E-state index contributed by atoms with van der Waals surface area (Å²) in [6.45, 7) is 3.32. The molecule has 0 aliphatic carbocycles. The van der Waals surface area contributed by atoms with Crippen LogP contribution >= 0.6 is 0 Å². The summed E-state index contributed by atoms with van der Waals surface area (Å²) in [6.07, 6.45) is 7.45. The lowest BCUT2D eigenvalue weighted by Gasteiger charge is -2.51. The molecule has 3 aliphatic heterocycles. The zero-order chi connectivity index (χ0) is 21.0. The van der Waals surface area contributed by atoms with Crippen molar-refractivity contribution in [2.24, 2.45) is 5.92 Å². The maximum Gasteiger partial charge on any atom is 0.123 e. The molecule has 0 radical (unpaired) electrons. The fourth-order valence-corrected chi connectivity index (χ4v) is 5.40. The van der Waals surface area contributed by atoms with E-state index >= 15 is 0 Å². The highest BCUT2D eigenvalue weighted by Gasteiger charge is 2.41. The van der Waals surface area contributed by atoms with Crippen molar-refractivity contribution in [3.05, 3.63) is 84.2 Å². The summed E-state index contributed by atoms with van der Waals surface area (Å²) in [4.78, 5) is 6.95. The Bertz CT molecular complexity index is 981. The Morgan fingerprint density at radius 2 is 1.77 bits per heavy atom. The zero-order valence-electron chi connectivity index (χ0n) is 18.2. The van der Waals surface area contributed by atoms with Crippen molar-refractivity contribution >= 4 is 0 Å². The van der Waals surface area contributed by atoms with E-state index < -0.39 is 0 Å². The average Bonchev–Trinajstić information content (AvgIpc) is 2.85. The highest BCUT2D eigenvalue weighted by atomic mass is 16.5. The maximum atomic E-state index is 5.56. The van der Waals surface area contributed by atoms with Crippen LogP contribution in [-0.2, 0) is 13.0 Å². The van der Waals surface area contributed by atoms with Crippen LogP contribution in [-0.4, -0.2) is 42.2 Å². The molecule has 0 saturated carbocycles. The molecular formula is C27H31N3O. The summed E-state index contributed by atoms with van der Waals surface area (Å²) in [5, 5.41) is 3.92. The number of methoxy groups -OCH3 is 1. The second kappa shape index (κ2) is 9.21. The Morgan fingerprint density at radius 1 is 0.968 bits per heavy atom. The molecule has 4 nitrogen and oxygen atoms in total. The molecule has 6 rings (SSSR count). The number of para-hydroxylation sites is 1. The normalized spacial score (nSPS) is 24.8. The monoisotopic (exact) mass is 413 g/mol. The van der Waals surface area contributed by atoms with Gasteiger partial charge in [-0.15, -0.1) is 0 Å². The van der Waals surface area contributed by atoms with Gasteiger partial charge in [0.15, 0.2) is 0 Å². The van der Waals surface area contributed by atoms with Crippen molar-refractivity contribution in [3.8, 4) is 16.9 Å². The highest BCUT2D eigenvalue weighted by Crippen LogP contribution is 2.34. The Labute approximate surface area is 185 Å². The number of hydrogen-bond donors (Lipinski definition) is 1. The van der Waals surface area contributed by atoms with Crippen LogP contribution in [0.1, 0.15) is 24.0 Å². The lowest BCUT2D eigenvalue weighted by molar-refractivity contribution is 0.0126. The minimum Gasteiger partial charge on any atom is -0.496 e. The highest BCUT2D eigenvalue weighted by molar-refractivity contribution is 5.62. The predicted octanol–water partition coefficient (Wildman–Crippen LogP) is 4.55. The van der Waals surface area contributed by atoms with Gasteiger partial charge in [0.05, 0.1) is 7.11 Å². The van der Waals surface area contributed by atoms with Gasteiger partial charge in [0, 0.05) is 36.6 Å². The number of rotatable bonds is 7. The molecule has 3 aromatic rings. The Morgan fingerprint density at radius 3 is 2.52 bits per heavy atom. The number of nitrogens with zero attached hydrogens (tertiary/aromatic N) is 2. The number of ether oxygens (including phenoxy) is 1. The quantitative estimate of drug-likeness (QED) is 0.617. The standard InChI is InChI=1S/C27H31N3O/c1-31-26-7-3-2-5-24(26)19-29-27-22-12-15-30(16-13-22)25(27)17-20-8-10-21(11-9-20)23-6-4-14-28-18-23/h2-11,14,18,22,25,27,29H,12-13,15-17,19H2,1H3. The van der Waals surface area contributed by atoms with E-state index in [1.165, 1.54) is 48.2 Å². The Balaban J connectivity index is 1.30. The fourth-order valence-electron chi connectivity index (χ4n) is 5.40. The van der Waals surface area contributed by atoms with E-state index in [0.717, 1.165) is 24.6 Å². The summed E-state index contributed by atoms with van der Waals surface area (Å²) in [5.41, 5.74) is 5.05. The first-order valence-corrected chi connectivity index (χ1v) is 11.4. The van der Waals surface area contributed by atoms with Crippen LogP contribution in [0.2, 0.25) is 0 Å². The minimum absolute atomic E-state index is 0.519. The largest absolute Gasteiger partial charge is 0.496 e. The van der Waals surface area contributed by atoms with Gasteiger partial charge >= 0.3 is 0 Å². The second-order valence-electron chi connectivity index (χ2n) is 8.80. The number of aromatic nitrogens is 1. The van der Waals surface area contributed by atoms with E-state index in [9.17, 15) is 0 Å². The predicted molar refractivity (Wildman–Crippen MR) is 125 cm³/mol. The van der Waals surface area contributed by atoms with Gasteiger partial charge in [-0.05, 0) is 67.1 Å². The SMILES string of the molecule is COc1ccccc1CNC1C2CCN(CC2)C1Cc1ccc(-c2cccnc2)cc1. The molecule has 2 unspecified atom stereocenters. The Kier molecular flexibility index (Phi) is 6.01. The number of piperidine rings is 3. The molecule has 3 fully saturated rings. The smallest absolute Gasteiger partial charge is 0.123 e. The topological polar surface area (TPSA) is 37.4 Å². The molecule has 1 N–H and O–H groups in total. The van der Waals surface area contributed by atoms with Crippen LogP contribution in [0.15, 0.2) is 73.1 Å². The minimum atomic E-state index is 0.519. The molecule has 0 spiro atoms. The van der Waals surface area contributed by atoms with Gasteiger partial charge in [-0.3, -0.25) is 9.88 Å². The van der Waals surface area contributed by atoms with Crippen LogP contribution in [0, 0.1) is 5.92 Å². The third kappa shape index (κ3) is 4.36. The van der Waals surface area contributed by atoms with Gasteiger partial charge in [0.1, 0.15) is 5.75 Å². The van der Waals surface area contributed by atoms with Crippen molar-refractivity contribution in [1.82, 2.24) is 15.2 Å². The summed E-state index contributed by atoms with van der Waals surface area (Å²) < 4.78 is 5.56. The molecule has 2 bridgehead atoms. The van der Waals surface area contributed by atoms with Crippen molar-refractivity contribution in [1.29, 1.82) is 0 Å². The van der Waals surface area contributed by atoms with Gasteiger partial charge in [0.2, 0.25) is 0 Å². The molecule has 2 aromatic carbocycles. The third-order valence-corrected chi connectivity index (χ3v) is 7.08. The molecule has 31 heavy (non-hydrogen) atoms. The fraction of sp³-hybridized carbons (Fsp3) is 0.370. The van der Waals surface area contributed by atoms with Crippen molar-refractivity contribution in [2.75, 3.05) is 20.2 Å². The van der Waals surface area contributed by atoms with E-state index in [1.807, 2.05) is 24.5 Å². The molecular weight excluding hydrogens is 382 g/mol. The van der Waals surface area contributed by atoms with Crippen LogP contribution in [0.25, 0.3) is 11.1 Å². The number of hydrogen-bond acceptors (Lipinski definition) is 4. The molecule has 3 aliphatic rings. The van der Waals surface area contributed by atoms with Gasteiger partial charge in [-0.2, -0.15) is 0 Å². The van der Waals surface area contributed by atoms with Gasteiger partial charge < -0.3 is 10.1 Å². The van der Waals surface area contributed by atoms with Crippen LogP contribution in [0.3, 0.4) is 0 Å². The number of pyridine rings is 1. The van der Waals surface area contributed by atoms with E-state index in [0.29, 0.717) is 12.1 Å². The van der Waals surface area contributed by atoms with Gasteiger partial charge in [-0.25, -0.2) is 0 Å². The summed E-state index contributed by atoms with van der Waals surface area (Å²) in [6, 6.07) is 22.6. The third-order valence-electron chi connectivity index (χ3n) is 7.08. The second-order valence-corrected chi connectivity index (χ2v) is 8.80. The Hall–Kier alpha value is -2.69. The number of fused-ring (bicyclic) bond motifs is 3. The first-order valence-electron chi connectivity index (χ1n) is 11.4. The van der Waals surface area contributed by atoms with Gasteiger partial charge in [-0.1, -0.05) is 48.5 Å². The van der Waals surface area contributed by atoms with Crippen LogP contribution in [0.4, 0.5) is 0 Å². The van der Waals surface area contributed by atoms with E-state index in [4.69, 9.17) is 4.74 Å². The molecule has 1 aromatic heterocycles. The maximum absolute atomic E-state index is 5.56. The zero-order valence-corrected chi connectivity index (χ0v) is 18.2. The lowest BCUT2D eigenvalue weighted by Crippen LogP contribution is -2.63. The van der Waals surface area contributed by atoms with E-state index in [1.54, 1.807) is 7.11 Å². The average molecular weight is 414 g/mol. The molecule has 160 valence electrons. The molecule has 4 heterocycles.